The van der Waals surface area contributed by atoms with Crippen LogP contribution in [0.25, 0.3) is 0 Å². The van der Waals surface area contributed by atoms with Crippen molar-refractivity contribution >= 4 is 23.3 Å². The normalized spacial score (nSPS) is 12.0. The van der Waals surface area contributed by atoms with Crippen LogP contribution in [-0.4, -0.2) is 22.0 Å². The molecule has 0 amide bonds. The predicted molar refractivity (Wildman–Crippen MR) is 79.5 cm³/mol. The van der Waals surface area contributed by atoms with Gasteiger partial charge in [0.15, 0.2) is 0 Å². The molecule has 1 atom stereocenters. The molecule has 0 aliphatic heterocycles. The average molecular weight is 315 g/mol. The highest BCUT2D eigenvalue weighted by molar-refractivity contribution is 6.29. The lowest BCUT2D eigenvalue weighted by Gasteiger charge is -2.13. The van der Waals surface area contributed by atoms with E-state index < -0.39 is 16.6 Å². The van der Waals surface area contributed by atoms with Crippen molar-refractivity contribution in [3.63, 3.8) is 0 Å². The van der Waals surface area contributed by atoms with Crippen molar-refractivity contribution in [2.75, 3.05) is 0 Å². The number of rotatable bonds is 8. The van der Waals surface area contributed by atoms with Gasteiger partial charge in [0.25, 0.3) is 0 Å². The van der Waals surface area contributed by atoms with E-state index in [0.717, 1.165) is 44.4 Å². The second-order valence-electron chi connectivity index (χ2n) is 4.85. The van der Waals surface area contributed by atoms with Crippen molar-refractivity contribution in [3.8, 4) is 0 Å². The van der Waals surface area contributed by atoms with Crippen LogP contribution in [0.4, 0.5) is 5.69 Å². The molecule has 6 nitrogen and oxygen atoms in total. The smallest absolute Gasteiger partial charge is 0.345 e. The van der Waals surface area contributed by atoms with Crippen LogP contribution in [0.2, 0.25) is 5.15 Å². The Balaban J connectivity index is 2.66. The Morgan fingerprint density at radius 1 is 1.48 bits per heavy atom. The zero-order valence-corrected chi connectivity index (χ0v) is 12.9. The summed E-state index contributed by atoms with van der Waals surface area (Å²) < 4.78 is 5.23. The number of nitrogens with zero attached hydrogens (tertiary/aromatic N) is 2. The number of pyridine rings is 1. The van der Waals surface area contributed by atoms with Crippen molar-refractivity contribution in [3.05, 3.63) is 33.1 Å². The first kappa shape index (κ1) is 17.4. The summed E-state index contributed by atoms with van der Waals surface area (Å²) >= 11 is 5.68. The fraction of sp³-hybridized carbons (Fsp3) is 0.571. The molecule has 0 bridgehead atoms. The fourth-order valence-corrected chi connectivity index (χ4v) is 2.05. The Hall–Kier alpha value is -1.69. The molecule has 1 unspecified atom stereocenters. The maximum atomic E-state index is 12.0. The van der Waals surface area contributed by atoms with Gasteiger partial charge in [-0.25, -0.2) is 9.78 Å². The summed E-state index contributed by atoms with van der Waals surface area (Å²) in [6, 6.07) is 1.16. The average Bonchev–Trinajstić information content (AvgIpc) is 2.43. The minimum absolute atomic E-state index is 0.0168. The van der Waals surface area contributed by atoms with Crippen LogP contribution in [0.1, 0.15) is 56.3 Å². The van der Waals surface area contributed by atoms with Crippen LogP contribution in [0.5, 0.6) is 0 Å². The number of ether oxygens (including phenoxy) is 1. The summed E-state index contributed by atoms with van der Waals surface area (Å²) in [5.41, 5.74) is -0.567. The van der Waals surface area contributed by atoms with Crippen LogP contribution < -0.4 is 0 Å². The van der Waals surface area contributed by atoms with Gasteiger partial charge >= 0.3 is 11.7 Å². The lowest BCUT2D eigenvalue weighted by molar-refractivity contribution is -0.385. The molecule has 0 spiro atoms. The summed E-state index contributed by atoms with van der Waals surface area (Å²) in [5.74, 6) is -0.742. The van der Waals surface area contributed by atoms with E-state index in [-0.39, 0.29) is 16.8 Å². The van der Waals surface area contributed by atoms with Crippen LogP contribution in [0.15, 0.2) is 12.3 Å². The molecule has 7 heteroatoms. The third-order valence-electron chi connectivity index (χ3n) is 3.04. The van der Waals surface area contributed by atoms with Gasteiger partial charge in [0.05, 0.1) is 11.0 Å². The molecular formula is C14H19ClN2O4. The van der Waals surface area contributed by atoms with Gasteiger partial charge in [0, 0.05) is 0 Å². The lowest BCUT2D eigenvalue weighted by atomic mass is 10.1. The Labute approximate surface area is 128 Å². The largest absolute Gasteiger partial charge is 0.459 e. The Bertz CT molecular complexity index is 508. The number of carbonyl (C=O) groups excluding carboxylic acids is 1. The van der Waals surface area contributed by atoms with Crippen LogP contribution >= 0.6 is 11.6 Å². The molecule has 0 saturated carbocycles. The van der Waals surface area contributed by atoms with Gasteiger partial charge in [0.2, 0.25) is 0 Å². The van der Waals surface area contributed by atoms with E-state index in [1.54, 1.807) is 6.92 Å². The van der Waals surface area contributed by atoms with Crippen LogP contribution in [0.3, 0.4) is 0 Å². The van der Waals surface area contributed by atoms with Gasteiger partial charge < -0.3 is 4.74 Å². The molecule has 1 heterocycles. The molecule has 1 aromatic heterocycles. The van der Waals surface area contributed by atoms with Crippen molar-refractivity contribution in [1.82, 2.24) is 4.98 Å². The van der Waals surface area contributed by atoms with E-state index in [9.17, 15) is 14.9 Å². The molecule has 0 aliphatic carbocycles. The fourth-order valence-electron chi connectivity index (χ4n) is 1.90. The first-order chi connectivity index (χ1) is 9.95. The number of aromatic nitrogens is 1. The molecule has 0 aromatic carbocycles. The molecule has 116 valence electrons. The molecule has 0 radical (unpaired) electrons. The topological polar surface area (TPSA) is 82.3 Å². The van der Waals surface area contributed by atoms with Gasteiger partial charge in [0.1, 0.15) is 16.9 Å². The van der Waals surface area contributed by atoms with Gasteiger partial charge in [-0.05, 0) is 25.8 Å². The summed E-state index contributed by atoms with van der Waals surface area (Å²) in [7, 11) is 0. The Kier molecular flexibility index (Phi) is 7.08. The van der Waals surface area contributed by atoms with E-state index in [0.29, 0.717) is 0 Å². The van der Waals surface area contributed by atoms with Gasteiger partial charge in [-0.2, -0.15) is 0 Å². The maximum absolute atomic E-state index is 12.0. The highest BCUT2D eigenvalue weighted by Crippen LogP contribution is 2.22. The summed E-state index contributed by atoms with van der Waals surface area (Å²) in [4.78, 5) is 25.8. The molecule has 0 aliphatic rings. The summed E-state index contributed by atoms with van der Waals surface area (Å²) in [5, 5.41) is 10.9. The number of esters is 1. The van der Waals surface area contributed by atoms with Crippen LogP contribution in [-0.2, 0) is 4.74 Å². The standard InChI is InChI=1S/C14H19ClN2O4/c1-3-4-5-6-7-10(2)21-14(18)11-8-13(15)16-9-12(11)17(19)20/h8-10H,3-7H2,1-2H3. The van der Waals surface area contributed by atoms with E-state index in [1.165, 1.54) is 0 Å². The number of nitro groups is 1. The number of carbonyl (C=O) groups is 1. The molecule has 0 N–H and O–H groups in total. The molecule has 21 heavy (non-hydrogen) atoms. The summed E-state index contributed by atoms with van der Waals surface area (Å²) in [6.07, 6.45) is 5.73. The number of halogens is 1. The number of hydrogen-bond donors (Lipinski definition) is 0. The third-order valence-corrected chi connectivity index (χ3v) is 3.25. The maximum Gasteiger partial charge on any atom is 0.345 e. The first-order valence-electron chi connectivity index (χ1n) is 6.96. The Morgan fingerprint density at radius 3 is 2.81 bits per heavy atom. The van der Waals surface area contributed by atoms with E-state index >= 15 is 0 Å². The molecular weight excluding hydrogens is 296 g/mol. The zero-order chi connectivity index (χ0) is 15.8. The van der Waals surface area contributed by atoms with Crippen molar-refractivity contribution in [1.29, 1.82) is 0 Å². The second-order valence-corrected chi connectivity index (χ2v) is 5.23. The highest BCUT2D eigenvalue weighted by atomic mass is 35.5. The number of unbranched alkanes of at least 4 members (excludes halogenated alkanes) is 3. The van der Waals surface area contributed by atoms with Crippen molar-refractivity contribution in [2.24, 2.45) is 0 Å². The van der Waals surface area contributed by atoms with E-state index in [2.05, 4.69) is 11.9 Å². The quantitative estimate of drug-likeness (QED) is 0.236. The molecule has 0 fully saturated rings. The van der Waals surface area contributed by atoms with Gasteiger partial charge in [-0.1, -0.05) is 37.8 Å². The number of hydrogen-bond acceptors (Lipinski definition) is 5. The van der Waals surface area contributed by atoms with Crippen molar-refractivity contribution < 1.29 is 14.5 Å². The molecule has 1 rings (SSSR count). The lowest BCUT2D eigenvalue weighted by Crippen LogP contribution is -2.16. The first-order valence-corrected chi connectivity index (χ1v) is 7.34. The van der Waals surface area contributed by atoms with Crippen molar-refractivity contribution in [2.45, 2.75) is 52.1 Å². The van der Waals surface area contributed by atoms with Gasteiger partial charge in [-0.3, -0.25) is 10.1 Å². The van der Waals surface area contributed by atoms with Gasteiger partial charge in [-0.15, -0.1) is 0 Å². The zero-order valence-electron chi connectivity index (χ0n) is 12.2. The van der Waals surface area contributed by atoms with Crippen LogP contribution in [0, 0.1) is 10.1 Å². The second kappa shape index (κ2) is 8.56. The minimum atomic E-state index is -0.742. The molecule has 0 saturated heterocycles. The minimum Gasteiger partial charge on any atom is -0.459 e. The monoisotopic (exact) mass is 314 g/mol. The Morgan fingerprint density at radius 2 is 2.19 bits per heavy atom. The predicted octanol–water partition coefficient (Wildman–Crippen LogP) is 4.16. The van der Waals surface area contributed by atoms with E-state index in [4.69, 9.17) is 16.3 Å². The SMILES string of the molecule is CCCCCCC(C)OC(=O)c1cc(Cl)ncc1[N+](=O)[O-]. The third kappa shape index (κ3) is 5.67. The molecule has 1 aromatic rings. The van der Waals surface area contributed by atoms with E-state index in [1.807, 2.05) is 0 Å². The highest BCUT2D eigenvalue weighted by Gasteiger charge is 2.24. The summed E-state index contributed by atoms with van der Waals surface area (Å²) in [6.45, 7) is 3.90.